The predicted molar refractivity (Wildman–Crippen MR) is 123 cm³/mol. The van der Waals surface area contributed by atoms with Gasteiger partial charge in [0, 0.05) is 17.1 Å². The summed E-state index contributed by atoms with van der Waals surface area (Å²) < 4.78 is 2.12. The largest absolute Gasteiger partial charge is 0.308 e. The molecule has 0 radical (unpaired) electrons. The number of rotatable bonds is 3. The molecule has 6 heteroatoms. The number of fused-ring (bicyclic) bond motifs is 4. The zero-order valence-electron chi connectivity index (χ0n) is 17.6. The van der Waals surface area contributed by atoms with Crippen molar-refractivity contribution in [1.82, 2.24) is 14.6 Å². The summed E-state index contributed by atoms with van der Waals surface area (Å²) in [5.41, 5.74) is 7.74. The summed E-state index contributed by atoms with van der Waals surface area (Å²) in [6, 6.07) is 14.8. The zero-order valence-corrected chi connectivity index (χ0v) is 18.5. The average Bonchev–Trinajstić information content (AvgIpc) is 3.30. The number of thioether (sulfide) groups is 1. The van der Waals surface area contributed by atoms with Crippen molar-refractivity contribution in [2.45, 2.75) is 45.3 Å². The molecule has 0 bridgehead atoms. The predicted octanol–water partition coefficient (Wildman–Crippen LogP) is 4.88. The second-order valence-corrected chi connectivity index (χ2v) is 9.11. The molecule has 0 aliphatic carbocycles. The fraction of sp³-hybridized carbons (Fsp3) is 0.292. The van der Waals surface area contributed by atoms with Crippen molar-refractivity contribution in [3.05, 3.63) is 64.7 Å². The second-order valence-electron chi connectivity index (χ2n) is 8.16. The first-order valence-corrected chi connectivity index (χ1v) is 11.2. The molecule has 0 saturated carbocycles. The molecule has 5 rings (SSSR count). The van der Waals surface area contributed by atoms with Crippen LogP contribution in [0.2, 0.25) is 0 Å². The van der Waals surface area contributed by atoms with E-state index >= 15 is 0 Å². The molecule has 1 amide bonds. The van der Waals surface area contributed by atoms with Crippen LogP contribution in [0.25, 0.3) is 16.6 Å². The fourth-order valence-electron chi connectivity index (χ4n) is 4.54. The Kier molecular flexibility index (Phi) is 4.54. The summed E-state index contributed by atoms with van der Waals surface area (Å²) in [7, 11) is 0. The summed E-state index contributed by atoms with van der Waals surface area (Å²) in [5.74, 6) is 0.443. The number of pyridine rings is 1. The van der Waals surface area contributed by atoms with Gasteiger partial charge in [0.1, 0.15) is 0 Å². The lowest BCUT2D eigenvalue weighted by atomic mass is 10.0. The lowest BCUT2D eigenvalue weighted by Crippen LogP contribution is -2.37. The number of anilines is 1. The highest BCUT2D eigenvalue weighted by Gasteiger charge is 2.30. The molecule has 2 aromatic carbocycles. The first-order chi connectivity index (χ1) is 14.5. The van der Waals surface area contributed by atoms with Crippen LogP contribution in [-0.2, 0) is 11.2 Å². The SMILES string of the molecule is Cc1ccc(C)c2c1cc(C)c1nnc(SCC(=O)N3c4ccccc4C[C@@H]3C)n12. The Morgan fingerprint density at radius 1 is 1.07 bits per heavy atom. The molecule has 1 aliphatic rings. The molecule has 5 nitrogen and oxygen atoms in total. The van der Waals surface area contributed by atoms with E-state index in [2.05, 4.69) is 66.6 Å². The molecule has 1 atom stereocenters. The van der Waals surface area contributed by atoms with Crippen LogP contribution in [0.4, 0.5) is 5.69 Å². The minimum Gasteiger partial charge on any atom is -0.308 e. The number of para-hydroxylation sites is 1. The van der Waals surface area contributed by atoms with Gasteiger partial charge in [0.15, 0.2) is 10.8 Å². The first kappa shape index (κ1) is 19.1. The van der Waals surface area contributed by atoms with Crippen LogP contribution in [0.1, 0.15) is 29.2 Å². The molecule has 4 aromatic rings. The highest BCUT2D eigenvalue weighted by atomic mass is 32.2. The normalized spacial score (nSPS) is 15.9. The summed E-state index contributed by atoms with van der Waals surface area (Å²) in [4.78, 5) is 15.1. The number of amides is 1. The van der Waals surface area contributed by atoms with Crippen LogP contribution in [0.3, 0.4) is 0 Å². The number of hydrogen-bond donors (Lipinski definition) is 0. The molecular weight excluding hydrogens is 392 g/mol. The van der Waals surface area contributed by atoms with Gasteiger partial charge in [-0.3, -0.25) is 9.20 Å². The van der Waals surface area contributed by atoms with Gasteiger partial charge in [0.2, 0.25) is 5.91 Å². The van der Waals surface area contributed by atoms with Crippen molar-refractivity contribution in [3.63, 3.8) is 0 Å². The zero-order chi connectivity index (χ0) is 21.0. The van der Waals surface area contributed by atoms with Crippen molar-refractivity contribution in [3.8, 4) is 0 Å². The third kappa shape index (κ3) is 2.89. The van der Waals surface area contributed by atoms with Crippen LogP contribution < -0.4 is 4.90 Å². The maximum absolute atomic E-state index is 13.1. The summed E-state index contributed by atoms with van der Waals surface area (Å²) >= 11 is 1.46. The lowest BCUT2D eigenvalue weighted by Gasteiger charge is -2.22. The van der Waals surface area contributed by atoms with Crippen LogP contribution >= 0.6 is 11.8 Å². The van der Waals surface area contributed by atoms with Crippen LogP contribution in [-0.4, -0.2) is 32.3 Å². The van der Waals surface area contributed by atoms with Crippen molar-refractivity contribution in [2.24, 2.45) is 0 Å². The van der Waals surface area contributed by atoms with E-state index in [0.717, 1.165) is 34.0 Å². The molecule has 0 saturated heterocycles. The second kappa shape index (κ2) is 7.13. The number of aromatic nitrogens is 3. The minimum atomic E-state index is 0.110. The Morgan fingerprint density at radius 3 is 2.67 bits per heavy atom. The monoisotopic (exact) mass is 416 g/mol. The number of carbonyl (C=O) groups is 1. The van der Waals surface area contributed by atoms with Gasteiger partial charge in [-0.2, -0.15) is 0 Å². The minimum absolute atomic E-state index is 0.110. The highest BCUT2D eigenvalue weighted by molar-refractivity contribution is 7.99. The quantitative estimate of drug-likeness (QED) is 0.447. The molecule has 0 spiro atoms. The Hall–Kier alpha value is -2.86. The number of carbonyl (C=O) groups excluding carboxylic acids is 1. The molecule has 0 unspecified atom stereocenters. The van der Waals surface area contributed by atoms with Gasteiger partial charge >= 0.3 is 0 Å². The van der Waals surface area contributed by atoms with E-state index in [1.807, 2.05) is 23.1 Å². The van der Waals surface area contributed by atoms with Gasteiger partial charge < -0.3 is 4.90 Å². The molecule has 30 heavy (non-hydrogen) atoms. The Balaban J connectivity index is 1.51. The van der Waals surface area contributed by atoms with E-state index in [0.29, 0.717) is 5.75 Å². The molecular formula is C24H24N4OS. The van der Waals surface area contributed by atoms with E-state index in [9.17, 15) is 4.79 Å². The fourth-order valence-corrected chi connectivity index (χ4v) is 5.34. The molecule has 152 valence electrons. The van der Waals surface area contributed by atoms with Crippen LogP contribution in [0, 0.1) is 20.8 Å². The topological polar surface area (TPSA) is 50.5 Å². The van der Waals surface area contributed by atoms with Crippen LogP contribution in [0.15, 0.2) is 47.6 Å². The van der Waals surface area contributed by atoms with Crippen molar-refractivity contribution >= 4 is 39.9 Å². The molecule has 2 aromatic heterocycles. The van der Waals surface area contributed by atoms with E-state index in [1.165, 1.54) is 33.8 Å². The van der Waals surface area contributed by atoms with Crippen molar-refractivity contribution < 1.29 is 4.79 Å². The molecule has 1 aliphatic heterocycles. The Labute approximate surface area is 180 Å². The summed E-state index contributed by atoms with van der Waals surface area (Å²) in [6.07, 6.45) is 0.906. The average molecular weight is 417 g/mol. The third-order valence-corrected chi connectivity index (χ3v) is 6.92. The van der Waals surface area contributed by atoms with Crippen molar-refractivity contribution in [1.29, 1.82) is 0 Å². The highest BCUT2D eigenvalue weighted by Crippen LogP contribution is 2.34. The maximum Gasteiger partial charge on any atom is 0.237 e. The lowest BCUT2D eigenvalue weighted by molar-refractivity contribution is -0.116. The number of hydrogen-bond acceptors (Lipinski definition) is 4. The number of nitrogens with zero attached hydrogens (tertiary/aromatic N) is 4. The van der Waals surface area contributed by atoms with Crippen LogP contribution in [0.5, 0.6) is 0 Å². The molecule has 0 N–H and O–H groups in total. The van der Waals surface area contributed by atoms with E-state index in [1.54, 1.807) is 0 Å². The summed E-state index contributed by atoms with van der Waals surface area (Å²) in [5, 5.41) is 10.8. The van der Waals surface area contributed by atoms with Gasteiger partial charge in [-0.25, -0.2) is 0 Å². The Bertz CT molecular complexity index is 1310. The summed E-state index contributed by atoms with van der Waals surface area (Å²) in [6.45, 7) is 8.41. The Morgan fingerprint density at radius 2 is 1.83 bits per heavy atom. The van der Waals surface area contributed by atoms with Crippen molar-refractivity contribution in [2.75, 3.05) is 10.7 Å². The van der Waals surface area contributed by atoms with E-state index in [-0.39, 0.29) is 11.9 Å². The third-order valence-electron chi connectivity index (χ3n) is 6.01. The molecule has 3 heterocycles. The van der Waals surface area contributed by atoms with E-state index in [4.69, 9.17) is 0 Å². The van der Waals surface area contributed by atoms with Gasteiger partial charge in [-0.1, -0.05) is 42.1 Å². The van der Waals surface area contributed by atoms with Gasteiger partial charge in [-0.05, 0) is 68.5 Å². The standard InChI is InChI=1S/C24H24N4OS/c1-14-9-10-15(2)22-19(14)11-16(3)23-25-26-24(28(22)23)30-13-21(29)27-17(4)12-18-7-5-6-8-20(18)27/h5-11,17H,12-13H2,1-4H3/t17-/m0/s1. The first-order valence-electron chi connectivity index (χ1n) is 10.2. The number of aryl methyl sites for hydroxylation is 3. The van der Waals surface area contributed by atoms with E-state index < -0.39 is 0 Å². The molecule has 0 fully saturated rings. The van der Waals surface area contributed by atoms with Gasteiger partial charge in [0.05, 0.1) is 11.3 Å². The maximum atomic E-state index is 13.1. The van der Waals surface area contributed by atoms with Gasteiger partial charge in [0.25, 0.3) is 0 Å². The smallest absolute Gasteiger partial charge is 0.237 e. The van der Waals surface area contributed by atoms with Gasteiger partial charge in [-0.15, -0.1) is 10.2 Å². The number of benzene rings is 2.